The highest BCUT2D eigenvalue weighted by molar-refractivity contribution is 7.89. The van der Waals surface area contributed by atoms with Crippen molar-refractivity contribution < 1.29 is 13.2 Å². The van der Waals surface area contributed by atoms with E-state index in [2.05, 4.69) is 10.0 Å². The molecule has 0 heterocycles. The Balaban J connectivity index is 1.50. The van der Waals surface area contributed by atoms with Gasteiger partial charge in [-0.2, -0.15) is 0 Å². The van der Waals surface area contributed by atoms with Gasteiger partial charge in [0.1, 0.15) is 12.4 Å². The zero-order valence-electron chi connectivity index (χ0n) is 12.2. The highest BCUT2D eigenvalue weighted by Crippen LogP contribution is 2.30. The van der Waals surface area contributed by atoms with Crippen molar-refractivity contribution in [3.63, 3.8) is 0 Å². The van der Waals surface area contributed by atoms with Gasteiger partial charge < -0.3 is 10.1 Å². The van der Waals surface area contributed by atoms with Crippen molar-refractivity contribution in [1.82, 2.24) is 10.0 Å². The van der Waals surface area contributed by atoms with Crippen molar-refractivity contribution in [3.8, 4) is 5.75 Å². The van der Waals surface area contributed by atoms with Gasteiger partial charge >= 0.3 is 0 Å². The van der Waals surface area contributed by atoms with E-state index >= 15 is 0 Å². The molecule has 2 aliphatic rings. The topological polar surface area (TPSA) is 67.4 Å². The summed E-state index contributed by atoms with van der Waals surface area (Å²) in [5, 5.41) is 3.36. The lowest BCUT2D eigenvalue weighted by Gasteiger charge is -2.09. The molecule has 1 aromatic carbocycles. The van der Waals surface area contributed by atoms with Gasteiger partial charge in [-0.05, 0) is 49.4 Å². The third kappa shape index (κ3) is 4.18. The first-order valence-electron chi connectivity index (χ1n) is 7.53. The lowest BCUT2D eigenvalue weighted by Crippen LogP contribution is -2.26. The van der Waals surface area contributed by atoms with E-state index in [1.165, 1.54) is 12.8 Å². The molecule has 1 aromatic rings. The van der Waals surface area contributed by atoms with Crippen molar-refractivity contribution in [3.05, 3.63) is 24.3 Å². The maximum Gasteiger partial charge on any atom is 0.240 e. The molecule has 21 heavy (non-hydrogen) atoms. The summed E-state index contributed by atoms with van der Waals surface area (Å²) in [4.78, 5) is 0.296. The number of hydrogen-bond acceptors (Lipinski definition) is 4. The van der Waals surface area contributed by atoms with E-state index in [-0.39, 0.29) is 6.04 Å². The fourth-order valence-corrected chi connectivity index (χ4v) is 3.55. The number of rotatable bonds is 8. The Kier molecular flexibility index (Phi) is 4.19. The minimum atomic E-state index is -3.39. The monoisotopic (exact) mass is 310 g/mol. The van der Waals surface area contributed by atoms with Crippen LogP contribution in [0.2, 0.25) is 0 Å². The number of ether oxygens (including phenoxy) is 1. The van der Waals surface area contributed by atoms with Crippen LogP contribution in [0.15, 0.2) is 29.2 Å². The van der Waals surface area contributed by atoms with Crippen LogP contribution in [0.3, 0.4) is 0 Å². The third-order valence-corrected chi connectivity index (χ3v) is 5.44. The SMILES string of the molecule is CC1CC1NS(=O)(=O)c1ccc(OCCNC2CC2)cc1. The molecule has 0 radical (unpaired) electrons. The zero-order chi connectivity index (χ0) is 14.9. The number of nitrogens with one attached hydrogen (secondary N) is 2. The summed E-state index contributed by atoms with van der Waals surface area (Å²) >= 11 is 0. The second-order valence-electron chi connectivity index (χ2n) is 5.99. The van der Waals surface area contributed by atoms with E-state index in [1.54, 1.807) is 24.3 Å². The van der Waals surface area contributed by atoms with Crippen molar-refractivity contribution in [2.75, 3.05) is 13.2 Å². The minimum Gasteiger partial charge on any atom is -0.492 e. The Hall–Kier alpha value is -1.11. The van der Waals surface area contributed by atoms with Gasteiger partial charge in [0.2, 0.25) is 10.0 Å². The molecule has 0 aromatic heterocycles. The molecule has 2 fully saturated rings. The molecule has 5 nitrogen and oxygen atoms in total. The second kappa shape index (κ2) is 5.94. The smallest absolute Gasteiger partial charge is 0.240 e. The molecular weight excluding hydrogens is 288 g/mol. The van der Waals surface area contributed by atoms with Crippen LogP contribution < -0.4 is 14.8 Å². The molecule has 0 amide bonds. The predicted octanol–water partition coefficient (Wildman–Crippen LogP) is 1.50. The molecule has 6 heteroatoms. The van der Waals surface area contributed by atoms with Crippen LogP contribution in [0.1, 0.15) is 26.2 Å². The molecule has 2 saturated carbocycles. The summed E-state index contributed by atoms with van der Waals surface area (Å²) in [5.41, 5.74) is 0. The second-order valence-corrected chi connectivity index (χ2v) is 7.70. The van der Waals surface area contributed by atoms with Crippen molar-refractivity contribution >= 4 is 10.0 Å². The molecule has 2 atom stereocenters. The number of benzene rings is 1. The summed E-state index contributed by atoms with van der Waals surface area (Å²) in [5.74, 6) is 1.15. The maximum absolute atomic E-state index is 12.1. The first kappa shape index (κ1) is 14.8. The Labute approximate surface area is 126 Å². The predicted molar refractivity (Wildman–Crippen MR) is 80.9 cm³/mol. The first-order chi connectivity index (χ1) is 10.0. The van der Waals surface area contributed by atoms with Crippen LogP contribution >= 0.6 is 0 Å². The standard InChI is InChI=1S/C15H22N2O3S/c1-11-10-15(11)17-21(18,19)14-6-4-13(5-7-14)20-9-8-16-12-2-3-12/h4-7,11-12,15-17H,2-3,8-10H2,1H3. The highest BCUT2D eigenvalue weighted by atomic mass is 32.2. The van der Waals surface area contributed by atoms with Crippen LogP contribution in [-0.2, 0) is 10.0 Å². The fourth-order valence-electron chi connectivity index (χ4n) is 2.19. The van der Waals surface area contributed by atoms with Gasteiger partial charge in [0, 0.05) is 18.6 Å². The third-order valence-electron chi connectivity index (χ3n) is 3.93. The van der Waals surface area contributed by atoms with Gasteiger partial charge in [-0.25, -0.2) is 13.1 Å². The zero-order valence-corrected chi connectivity index (χ0v) is 13.0. The number of hydrogen-bond donors (Lipinski definition) is 2. The molecular formula is C15H22N2O3S. The van der Waals surface area contributed by atoms with E-state index in [0.717, 1.165) is 13.0 Å². The first-order valence-corrected chi connectivity index (χ1v) is 9.01. The summed E-state index contributed by atoms with van der Waals surface area (Å²) in [7, 11) is -3.39. The quantitative estimate of drug-likeness (QED) is 0.714. The van der Waals surface area contributed by atoms with Crippen LogP contribution in [0.5, 0.6) is 5.75 Å². The van der Waals surface area contributed by atoms with Gasteiger partial charge in [-0.1, -0.05) is 6.92 Å². The van der Waals surface area contributed by atoms with Gasteiger partial charge in [0.05, 0.1) is 4.90 Å². The molecule has 0 aliphatic heterocycles. The van der Waals surface area contributed by atoms with E-state index in [0.29, 0.717) is 29.2 Å². The molecule has 2 aliphatic carbocycles. The van der Waals surface area contributed by atoms with E-state index in [9.17, 15) is 8.42 Å². The van der Waals surface area contributed by atoms with Crippen LogP contribution in [0.25, 0.3) is 0 Å². The summed E-state index contributed by atoms with van der Waals surface area (Å²) in [6.07, 6.45) is 3.45. The largest absolute Gasteiger partial charge is 0.492 e. The van der Waals surface area contributed by atoms with Crippen LogP contribution in [0.4, 0.5) is 0 Å². The van der Waals surface area contributed by atoms with Crippen molar-refractivity contribution in [1.29, 1.82) is 0 Å². The average molecular weight is 310 g/mol. The fraction of sp³-hybridized carbons (Fsp3) is 0.600. The maximum atomic E-state index is 12.1. The highest BCUT2D eigenvalue weighted by Gasteiger charge is 2.36. The minimum absolute atomic E-state index is 0.0967. The molecule has 2 unspecified atom stereocenters. The van der Waals surface area contributed by atoms with Crippen LogP contribution in [0, 0.1) is 5.92 Å². The average Bonchev–Trinajstić information content (AvgIpc) is 3.36. The Morgan fingerprint density at radius 1 is 1.24 bits per heavy atom. The van der Waals surface area contributed by atoms with Crippen LogP contribution in [-0.4, -0.2) is 33.7 Å². The van der Waals surface area contributed by atoms with Gasteiger partial charge in [0.25, 0.3) is 0 Å². The van der Waals surface area contributed by atoms with Gasteiger partial charge in [-0.15, -0.1) is 0 Å². The van der Waals surface area contributed by atoms with Gasteiger partial charge in [-0.3, -0.25) is 0 Å². The van der Waals surface area contributed by atoms with Gasteiger partial charge in [0.15, 0.2) is 0 Å². The molecule has 3 rings (SSSR count). The van der Waals surface area contributed by atoms with Crippen molar-refractivity contribution in [2.24, 2.45) is 5.92 Å². The lowest BCUT2D eigenvalue weighted by molar-refractivity contribution is 0.313. The summed E-state index contributed by atoms with van der Waals surface area (Å²) in [6, 6.07) is 7.39. The van der Waals surface area contributed by atoms with Crippen molar-refractivity contribution in [2.45, 2.75) is 43.2 Å². The van der Waals surface area contributed by atoms with E-state index in [1.807, 2.05) is 6.92 Å². The summed E-state index contributed by atoms with van der Waals surface area (Å²) in [6.45, 7) is 3.46. The molecule has 116 valence electrons. The molecule has 0 bridgehead atoms. The Morgan fingerprint density at radius 2 is 1.90 bits per heavy atom. The Bertz CT molecular complexity index is 581. The summed E-state index contributed by atoms with van der Waals surface area (Å²) < 4.78 is 32.5. The molecule has 2 N–H and O–H groups in total. The molecule has 0 saturated heterocycles. The normalized spacial score (nSPS) is 24.8. The Morgan fingerprint density at radius 3 is 2.48 bits per heavy atom. The molecule has 0 spiro atoms. The van der Waals surface area contributed by atoms with E-state index < -0.39 is 10.0 Å². The number of sulfonamides is 1. The van der Waals surface area contributed by atoms with E-state index in [4.69, 9.17) is 4.74 Å². The lowest BCUT2D eigenvalue weighted by atomic mass is 10.3.